The summed E-state index contributed by atoms with van der Waals surface area (Å²) in [4.78, 5) is 19.6. The maximum Gasteiger partial charge on any atom is 0.274 e. The van der Waals surface area contributed by atoms with Crippen LogP contribution in [0, 0.1) is 0 Å². The Morgan fingerprint density at radius 1 is 1.31 bits per heavy atom. The number of carbonyl (C=O) groups is 1. The van der Waals surface area contributed by atoms with E-state index < -0.39 is 0 Å². The molecule has 0 aliphatic heterocycles. The van der Waals surface area contributed by atoms with Crippen molar-refractivity contribution >= 4 is 27.5 Å². The molecule has 0 spiro atoms. The van der Waals surface area contributed by atoms with Crippen LogP contribution in [-0.2, 0) is 0 Å². The molecule has 4 nitrogen and oxygen atoms in total. The summed E-state index contributed by atoms with van der Waals surface area (Å²) in [6, 6.07) is 6.94. The van der Waals surface area contributed by atoms with E-state index in [2.05, 4.69) is 31.2 Å². The van der Waals surface area contributed by atoms with E-state index in [4.69, 9.17) is 0 Å². The molecule has 2 aromatic heterocycles. The highest BCUT2D eigenvalue weighted by Gasteiger charge is 2.07. The number of halogens is 1. The number of aromatic nitrogens is 2. The predicted molar refractivity (Wildman–Crippen MR) is 64.1 cm³/mol. The molecule has 0 fully saturated rings. The highest BCUT2D eigenvalue weighted by atomic mass is 79.9. The molecule has 0 bridgehead atoms. The number of hydrogen-bond donors (Lipinski definition) is 1. The molecule has 2 rings (SSSR count). The second kappa shape index (κ2) is 4.85. The van der Waals surface area contributed by atoms with Crippen LogP contribution in [-0.4, -0.2) is 15.9 Å². The van der Waals surface area contributed by atoms with Gasteiger partial charge in [-0.15, -0.1) is 0 Å². The highest BCUT2D eigenvalue weighted by molar-refractivity contribution is 9.10. The average molecular weight is 278 g/mol. The topological polar surface area (TPSA) is 54.9 Å². The van der Waals surface area contributed by atoms with E-state index in [1.54, 1.807) is 42.9 Å². The van der Waals surface area contributed by atoms with Crippen LogP contribution >= 0.6 is 15.9 Å². The van der Waals surface area contributed by atoms with E-state index in [-0.39, 0.29) is 5.91 Å². The molecule has 0 aliphatic rings. The Bertz CT molecular complexity index is 502. The summed E-state index contributed by atoms with van der Waals surface area (Å²) >= 11 is 3.28. The van der Waals surface area contributed by atoms with Crippen molar-refractivity contribution in [3.8, 4) is 0 Å². The predicted octanol–water partition coefficient (Wildman–Crippen LogP) is 2.49. The number of pyridine rings is 2. The Morgan fingerprint density at radius 2 is 2.19 bits per heavy atom. The van der Waals surface area contributed by atoms with Crippen molar-refractivity contribution in [3.63, 3.8) is 0 Å². The summed E-state index contributed by atoms with van der Waals surface area (Å²) in [7, 11) is 0. The number of nitrogens with zero attached hydrogens (tertiary/aromatic N) is 2. The van der Waals surface area contributed by atoms with Gasteiger partial charge in [0.2, 0.25) is 0 Å². The first-order chi connectivity index (χ1) is 7.75. The van der Waals surface area contributed by atoms with Crippen LogP contribution < -0.4 is 5.32 Å². The second-order valence-corrected chi connectivity index (χ2v) is 3.97. The zero-order chi connectivity index (χ0) is 11.4. The molecule has 0 aromatic carbocycles. The van der Waals surface area contributed by atoms with Gasteiger partial charge in [0, 0.05) is 16.9 Å². The number of amides is 1. The van der Waals surface area contributed by atoms with Crippen molar-refractivity contribution < 1.29 is 4.79 Å². The molecule has 0 atom stereocenters. The van der Waals surface area contributed by atoms with Gasteiger partial charge in [-0.3, -0.25) is 14.8 Å². The minimum atomic E-state index is -0.255. The first kappa shape index (κ1) is 10.8. The van der Waals surface area contributed by atoms with E-state index in [0.717, 1.165) is 4.47 Å². The lowest BCUT2D eigenvalue weighted by molar-refractivity contribution is 0.102. The van der Waals surface area contributed by atoms with Crippen LogP contribution in [0.25, 0.3) is 0 Å². The summed E-state index contributed by atoms with van der Waals surface area (Å²) in [6.45, 7) is 0. The van der Waals surface area contributed by atoms with Crippen molar-refractivity contribution in [2.45, 2.75) is 0 Å². The van der Waals surface area contributed by atoms with Crippen LogP contribution in [0.15, 0.2) is 47.3 Å². The van der Waals surface area contributed by atoms with Gasteiger partial charge in [0.05, 0.1) is 11.9 Å². The Hall–Kier alpha value is -1.75. The minimum absolute atomic E-state index is 0.255. The fourth-order valence-electron chi connectivity index (χ4n) is 1.16. The SMILES string of the molecule is O=C(Nc1cccnc1)c1cc(Br)ccn1. The molecule has 16 heavy (non-hydrogen) atoms. The number of hydrogen-bond acceptors (Lipinski definition) is 3. The van der Waals surface area contributed by atoms with Crippen LogP contribution in [0.1, 0.15) is 10.5 Å². The lowest BCUT2D eigenvalue weighted by Gasteiger charge is -2.03. The molecule has 2 aromatic rings. The third-order valence-electron chi connectivity index (χ3n) is 1.87. The molecule has 1 amide bonds. The van der Waals surface area contributed by atoms with Crippen molar-refractivity contribution in [2.24, 2.45) is 0 Å². The second-order valence-electron chi connectivity index (χ2n) is 3.06. The molecule has 0 saturated heterocycles. The van der Waals surface area contributed by atoms with E-state index >= 15 is 0 Å². The number of rotatable bonds is 2. The van der Waals surface area contributed by atoms with Gasteiger partial charge in [0.25, 0.3) is 5.91 Å². The van der Waals surface area contributed by atoms with Crippen molar-refractivity contribution in [1.82, 2.24) is 9.97 Å². The van der Waals surface area contributed by atoms with Gasteiger partial charge in [-0.1, -0.05) is 15.9 Å². The molecule has 2 heterocycles. The fraction of sp³-hybridized carbons (Fsp3) is 0. The van der Waals surface area contributed by atoms with Gasteiger partial charge in [0.15, 0.2) is 0 Å². The molecule has 1 N–H and O–H groups in total. The maximum atomic E-state index is 11.7. The van der Waals surface area contributed by atoms with Crippen LogP contribution in [0.4, 0.5) is 5.69 Å². The Balaban J connectivity index is 2.15. The highest BCUT2D eigenvalue weighted by Crippen LogP contribution is 2.11. The van der Waals surface area contributed by atoms with Gasteiger partial charge >= 0.3 is 0 Å². The maximum absolute atomic E-state index is 11.7. The van der Waals surface area contributed by atoms with E-state index in [0.29, 0.717) is 11.4 Å². The molecular formula is C11H8BrN3O. The first-order valence-corrected chi connectivity index (χ1v) is 5.38. The third kappa shape index (κ3) is 2.64. The first-order valence-electron chi connectivity index (χ1n) is 4.58. The quantitative estimate of drug-likeness (QED) is 0.918. The van der Waals surface area contributed by atoms with Gasteiger partial charge in [-0.25, -0.2) is 0 Å². The minimum Gasteiger partial charge on any atom is -0.319 e. The standard InChI is InChI=1S/C11H8BrN3O/c12-8-3-5-14-10(6-8)11(16)15-9-2-1-4-13-7-9/h1-7H,(H,15,16). The number of nitrogens with one attached hydrogen (secondary N) is 1. The Labute approximate surface area is 101 Å². The van der Waals surface area contributed by atoms with Crippen LogP contribution in [0.2, 0.25) is 0 Å². The van der Waals surface area contributed by atoms with Gasteiger partial charge in [-0.2, -0.15) is 0 Å². The summed E-state index contributed by atoms with van der Waals surface area (Å²) in [6.07, 6.45) is 4.80. The van der Waals surface area contributed by atoms with Crippen LogP contribution in [0.3, 0.4) is 0 Å². The van der Waals surface area contributed by atoms with Gasteiger partial charge in [0.1, 0.15) is 5.69 Å². The molecular weight excluding hydrogens is 270 g/mol. The summed E-state index contributed by atoms with van der Waals surface area (Å²) in [5.74, 6) is -0.255. The molecule has 0 aliphatic carbocycles. The Kier molecular flexibility index (Phi) is 3.26. The lowest BCUT2D eigenvalue weighted by atomic mass is 10.3. The molecule has 0 radical (unpaired) electrons. The zero-order valence-electron chi connectivity index (χ0n) is 8.22. The normalized spacial score (nSPS) is 9.81. The van der Waals surface area contributed by atoms with E-state index in [9.17, 15) is 4.79 Å². The Morgan fingerprint density at radius 3 is 2.88 bits per heavy atom. The van der Waals surface area contributed by atoms with E-state index in [1.165, 1.54) is 0 Å². The van der Waals surface area contributed by atoms with Crippen molar-refractivity contribution in [1.29, 1.82) is 0 Å². The number of anilines is 1. The zero-order valence-corrected chi connectivity index (χ0v) is 9.81. The smallest absolute Gasteiger partial charge is 0.274 e. The van der Waals surface area contributed by atoms with Crippen LogP contribution in [0.5, 0.6) is 0 Å². The fourth-order valence-corrected chi connectivity index (χ4v) is 1.50. The molecule has 0 saturated carbocycles. The third-order valence-corrected chi connectivity index (χ3v) is 2.37. The van der Waals surface area contributed by atoms with E-state index in [1.807, 2.05) is 0 Å². The van der Waals surface area contributed by atoms with Crippen molar-refractivity contribution in [2.75, 3.05) is 5.32 Å². The monoisotopic (exact) mass is 277 g/mol. The molecule has 5 heteroatoms. The van der Waals surface area contributed by atoms with Crippen molar-refractivity contribution in [3.05, 3.63) is 53.0 Å². The lowest BCUT2D eigenvalue weighted by Crippen LogP contribution is -2.13. The molecule has 0 unspecified atom stereocenters. The average Bonchev–Trinajstić information content (AvgIpc) is 2.30. The van der Waals surface area contributed by atoms with Gasteiger partial charge in [-0.05, 0) is 24.3 Å². The number of carbonyl (C=O) groups excluding carboxylic acids is 1. The summed E-state index contributed by atoms with van der Waals surface area (Å²) in [5.41, 5.74) is 1.01. The largest absolute Gasteiger partial charge is 0.319 e. The summed E-state index contributed by atoms with van der Waals surface area (Å²) < 4.78 is 0.818. The van der Waals surface area contributed by atoms with Gasteiger partial charge < -0.3 is 5.32 Å². The summed E-state index contributed by atoms with van der Waals surface area (Å²) in [5, 5.41) is 2.70. The molecule has 80 valence electrons.